The maximum Gasteiger partial charge on any atom is 0.244 e. The van der Waals surface area contributed by atoms with Crippen molar-refractivity contribution in [3.8, 4) is 0 Å². The van der Waals surface area contributed by atoms with Crippen molar-refractivity contribution >= 4 is 39.1 Å². The molecule has 0 radical (unpaired) electrons. The summed E-state index contributed by atoms with van der Waals surface area (Å²) < 4.78 is 14.2. The van der Waals surface area contributed by atoms with Crippen molar-refractivity contribution in [2.24, 2.45) is 5.73 Å². The fraction of sp³-hybridized carbons (Fsp3) is 0.0714. The first-order chi connectivity index (χ1) is 9.47. The highest BCUT2D eigenvalue weighted by atomic mass is 79.9. The van der Waals surface area contributed by atoms with Crippen LogP contribution in [0.4, 0.5) is 10.1 Å². The van der Waals surface area contributed by atoms with Crippen LogP contribution < -0.4 is 11.1 Å². The van der Waals surface area contributed by atoms with E-state index in [1.165, 1.54) is 18.2 Å². The Morgan fingerprint density at radius 3 is 2.60 bits per heavy atom. The first-order valence-corrected chi connectivity index (χ1v) is 6.91. The number of carbonyl (C=O) groups excluding carboxylic acids is 1. The SMILES string of the molecule is NC(=O)C(Nc1ccccc1Br)c1cc(F)cc(Cl)c1. The van der Waals surface area contributed by atoms with E-state index in [9.17, 15) is 9.18 Å². The zero-order chi connectivity index (χ0) is 14.7. The highest BCUT2D eigenvalue weighted by Gasteiger charge is 2.19. The second kappa shape index (κ2) is 6.24. The molecule has 0 fully saturated rings. The van der Waals surface area contributed by atoms with Crippen molar-refractivity contribution in [3.05, 3.63) is 63.3 Å². The van der Waals surface area contributed by atoms with Gasteiger partial charge in [-0.2, -0.15) is 0 Å². The molecule has 0 saturated heterocycles. The zero-order valence-electron chi connectivity index (χ0n) is 10.2. The minimum Gasteiger partial charge on any atom is -0.369 e. The van der Waals surface area contributed by atoms with Crippen molar-refractivity contribution < 1.29 is 9.18 Å². The summed E-state index contributed by atoms with van der Waals surface area (Å²) in [7, 11) is 0. The van der Waals surface area contributed by atoms with E-state index in [1.54, 1.807) is 6.07 Å². The molecule has 3 nitrogen and oxygen atoms in total. The van der Waals surface area contributed by atoms with E-state index in [0.717, 1.165) is 4.47 Å². The van der Waals surface area contributed by atoms with Crippen LogP contribution in [0.3, 0.4) is 0 Å². The number of amides is 1. The molecular weight excluding hydrogens is 347 g/mol. The molecule has 2 aromatic carbocycles. The number of rotatable bonds is 4. The molecule has 0 aliphatic carbocycles. The Hall–Kier alpha value is -1.59. The first-order valence-electron chi connectivity index (χ1n) is 5.74. The molecule has 1 unspecified atom stereocenters. The van der Waals surface area contributed by atoms with Crippen molar-refractivity contribution in [2.75, 3.05) is 5.32 Å². The van der Waals surface area contributed by atoms with E-state index in [0.29, 0.717) is 11.3 Å². The van der Waals surface area contributed by atoms with Gasteiger partial charge >= 0.3 is 0 Å². The van der Waals surface area contributed by atoms with Gasteiger partial charge in [-0.1, -0.05) is 23.7 Å². The van der Waals surface area contributed by atoms with Gasteiger partial charge in [0.05, 0.1) is 0 Å². The van der Waals surface area contributed by atoms with Crippen molar-refractivity contribution in [1.29, 1.82) is 0 Å². The smallest absolute Gasteiger partial charge is 0.244 e. The van der Waals surface area contributed by atoms with Crippen LogP contribution >= 0.6 is 27.5 Å². The van der Waals surface area contributed by atoms with Gasteiger partial charge < -0.3 is 11.1 Å². The maximum atomic E-state index is 13.4. The third kappa shape index (κ3) is 3.49. The lowest BCUT2D eigenvalue weighted by molar-refractivity contribution is -0.118. The van der Waals surface area contributed by atoms with E-state index in [4.69, 9.17) is 17.3 Å². The molecule has 0 bridgehead atoms. The van der Waals surface area contributed by atoms with Crippen LogP contribution in [0.25, 0.3) is 0 Å². The van der Waals surface area contributed by atoms with E-state index >= 15 is 0 Å². The summed E-state index contributed by atoms with van der Waals surface area (Å²) in [6.45, 7) is 0. The van der Waals surface area contributed by atoms with Gasteiger partial charge in [-0.15, -0.1) is 0 Å². The number of nitrogens with one attached hydrogen (secondary N) is 1. The van der Waals surface area contributed by atoms with Gasteiger partial charge in [0, 0.05) is 15.2 Å². The summed E-state index contributed by atoms with van der Waals surface area (Å²) in [4.78, 5) is 11.6. The zero-order valence-corrected chi connectivity index (χ0v) is 12.6. The van der Waals surface area contributed by atoms with Crippen molar-refractivity contribution in [1.82, 2.24) is 0 Å². The van der Waals surface area contributed by atoms with Gasteiger partial charge in [0.2, 0.25) is 5.91 Å². The van der Waals surface area contributed by atoms with Gasteiger partial charge in [0.1, 0.15) is 11.9 Å². The van der Waals surface area contributed by atoms with Crippen LogP contribution in [-0.4, -0.2) is 5.91 Å². The Bertz CT molecular complexity index is 631. The van der Waals surface area contributed by atoms with Crippen LogP contribution in [0.15, 0.2) is 46.9 Å². The van der Waals surface area contributed by atoms with E-state index < -0.39 is 17.8 Å². The van der Waals surface area contributed by atoms with Crippen LogP contribution in [0.5, 0.6) is 0 Å². The number of hydrogen-bond acceptors (Lipinski definition) is 2. The number of para-hydroxylation sites is 1. The van der Waals surface area contributed by atoms with E-state index in [1.807, 2.05) is 18.2 Å². The number of halogens is 3. The lowest BCUT2D eigenvalue weighted by Crippen LogP contribution is -2.28. The fourth-order valence-corrected chi connectivity index (χ4v) is 2.42. The molecule has 3 N–H and O–H groups in total. The summed E-state index contributed by atoms with van der Waals surface area (Å²) in [6, 6.07) is 10.3. The molecule has 1 amide bonds. The maximum absolute atomic E-state index is 13.4. The highest BCUT2D eigenvalue weighted by Crippen LogP contribution is 2.27. The number of benzene rings is 2. The molecule has 2 rings (SSSR count). The fourth-order valence-electron chi connectivity index (χ4n) is 1.79. The number of hydrogen-bond donors (Lipinski definition) is 2. The number of carbonyl (C=O) groups is 1. The standard InChI is InChI=1S/C14H11BrClFN2O/c15-11-3-1-2-4-12(11)19-13(14(18)20)8-5-9(16)7-10(17)6-8/h1-7,13,19H,(H2,18,20). The average Bonchev–Trinajstić information content (AvgIpc) is 2.36. The largest absolute Gasteiger partial charge is 0.369 e. The first kappa shape index (κ1) is 14.8. The molecular formula is C14H11BrClFN2O. The summed E-state index contributed by atoms with van der Waals surface area (Å²) in [5.74, 6) is -1.14. The Kier molecular flexibility index (Phi) is 4.62. The molecule has 0 aliphatic heterocycles. The second-order valence-corrected chi connectivity index (χ2v) is 5.45. The summed E-state index contributed by atoms with van der Waals surface area (Å²) >= 11 is 9.16. The quantitative estimate of drug-likeness (QED) is 0.872. The molecule has 0 heterocycles. The molecule has 0 aromatic heterocycles. The predicted molar refractivity (Wildman–Crippen MR) is 81.1 cm³/mol. The molecule has 20 heavy (non-hydrogen) atoms. The highest BCUT2D eigenvalue weighted by molar-refractivity contribution is 9.10. The Morgan fingerprint density at radius 2 is 2.00 bits per heavy atom. The molecule has 6 heteroatoms. The van der Waals surface area contributed by atoms with Crippen LogP contribution in [-0.2, 0) is 4.79 Å². The Morgan fingerprint density at radius 1 is 1.30 bits per heavy atom. The lowest BCUT2D eigenvalue weighted by Gasteiger charge is -2.18. The minimum absolute atomic E-state index is 0.208. The lowest BCUT2D eigenvalue weighted by atomic mass is 10.1. The van der Waals surface area contributed by atoms with E-state index in [-0.39, 0.29) is 5.02 Å². The minimum atomic E-state index is -0.873. The number of nitrogens with two attached hydrogens (primary N) is 1. The van der Waals surface area contributed by atoms with Gasteiger partial charge in [0.25, 0.3) is 0 Å². The van der Waals surface area contributed by atoms with Gasteiger partial charge in [-0.05, 0) is 51.8 Å². The monoisotopic (exact) mass is 356 g/mol. The number of anilines is 1. The van der Waals surface area contributed by atoms with E-state index in [2.05, 4.69) is 21.2 Å². The predicted octanol–water partition coefficient (Wildman–Crippen LogP) is 3.88. The van der Waals surface area contributed by atoms with Crippen molar-refractivity contribution in [3.63, 3.8) is 0 Å². The molecule has 0 spiro atoms. The molecule has 0 saturated carbocycles. The Balaban J connectivity index is 2.37. The van der Waals surface area contributed by atoms with Gasteiger partial charge in [0.15, 0.2) is 0 Å². The third-order valence-corrected chi connectivity index (χ3v) is 3.59. The van der Waals surface area contributed by atoms with Crippen LogP contribution in [0, 0.1) is 5.82 Å². The molecule has 2 aromatic rings. The summed E-state index contributed by atoms with van der Waals surface area (Å²) in [5, 5.41) is 3.18. The summed E-state index contributed by atoms with van der Waals surface area (Å²) in [5.41, 5.74) is 6.44. The normalized spacial score (nSPS) is 11.9. The van der Waals surface area contributed by atoms with Crippen LogP contribution in [0.1, 0.15) is 11.6 Å². The molecule has 1 atom stereocenters. The average molecular weight is 358 g/mol. The van der Waals surface area contributed by atoms with Crippen LogP contribution in [0.2, 0.25) is 5.02 Å². The van der Waals surface area contributed by atoms with Gasteiger partial charge in [-0.25, -0.2) is 4.39 Å². The second-order valence-electron chi connectivity index (χ2n) is 4.16. The topological polar surface area (TPSA) is 55.1 Å². The molecule has 104 valence electrons. The third-order valence-electron chi connectivity index (χ3n) is 2.68. The molecule has 0 aliphatic rings. The Labute approximate surface area is 129 Å². The summed E-state index contributed by atoms with van der Waals surface area (Å²) in [6.07, 6.45) is 0. The van der Waals surface area contributed by atoms with Crippen molar-refractivity contribution in [2.45, 2.75) is 6.04 Å². The van der Waals surface area contributed by atoms with Gasteiger partial charge in [-0.3, -0.25) is 4.79 Å². The number of primary amides is 1.